The monoisotopic (exact) mass is 486 g/mol. The van der Waals surface area contributed by atoms with Crippen molar-refractivity contribution in [2.75, 3.05) is 31.6 Å². The molecule has 2 aliphatic rings. The number of anilines is 1. The number of sulfonamides is 1. The van der Waals surface area contributed by atoms with Gasteiger partial charge in [-0.3, -0.25) is 4.79 Å². The van der Waals surface area contributed by atoms with Crippen LogP contribution in [0.15, 0.2) is 23.1 Å². The average molecular weight is 487 g/mol. The lowest BCUT2D eigenvalue weighted by Gasteiger charge is -2.26. The first-order valence-electron chi connectivity index (χ1n) is 11.0. The predicted octanol–water partition coefficient (Wildman–Crippen LogP) is 3.77. The number of amides is 1. The number of aryl methyl sites for hydroxylation is 3. The summed E-state index contributed by atoms with van der Waals surface area (Å²) in [5, 5.41) is 3.81. The van der Waals surface area contributed by atoms with E-state index in [1.165, 1.54) is 21.7 Å². The molecule has 1 saturated heterocycles. The van der Waals surface area contributed by atoms with E-state index in [1.54, 1.807) is 19.1 Å². The summed E-state index contributed by atoms with van der Waals surface area (Å²) in [5.41, 5.74) is 2.82. The zero-order valence-electron chi connectivity index (χ0n) is 18.8. The predicted molar refractivity (Wildman–Crippen MR) is 128 cm³/mol. The Labute approximate surface area is 197 Å². The molecule has 0 atom stereocenters. The standard InChI is InChI=1S/C23H26N4O4S2/c1-13-4-7-17(12-18(13)33(29,30)27-8-10-31-11-9-27)25-22(28)20-14(2)19-15(3)24-21(16-5-6-16)26-23(19)32-20/h4,7,12,16H,5-6,8-11H2,1-3H3,(H,25,28). The van der Waals surface area contributed by atoms with Crippen molar-refractivity contribution in [1.29, 1.82) is 0 Å². The number of rotatable bonds is 5. The Bertz CT molecular complexity index is 1360. The van der Waals surface area contributed by atoms with Crippen molar-refractivity contribution >= 4 is 43.2 Å². The van der Waals surface area contributed by atoms with Gasteiger partial charge in [-0.15, -0.1) is 11.3 Å². The molecule has 1 aliphatic heterocycles. The molecule has 2 fully saturated rings. The number of ether oxygens (including phenoxy) is 1. The largest absolute Gasteiger partial charge is 0.379 e. The van der Waals surface area contributed by atoms with Gasteiger partial charge in [-0.1, -0.05) is 6.07 Å². The van der Waals surface area contributed by atoms with E-state index in [0.29, 0.717) is 48.3 Å². The van der Waals surface area contributed by atoms with Gasteiger partial charge < -0.3 is 10.1 Å². The smallest absolute Gasteiger partial charge is 0.266 e. The molecule has 3 heterocycles. The summed E-state index contributed by atoms with van der Waals surface area (Å²) >= 11 is 1.36. The Balaban J connectivity index is 1.44. The molecule has 1 aromatic carbocycles. The van der Waals surface area contributed by atoms with E-state index in [-0.39, 0.29) is 10.8 Å². The number of nitrogens with zero attached hydrogens (tertiary/aromatic N) is 3. The fourth-order valence-electron chi connectivity index (χ4n) is 4.17. The Kier molecular flexibility index (Phi) is 5.72. The fraction of sp³-hybridized carbons (Fsp3) is 0.435. The highest BCUT2D eigenvalue weighted by Crippen LogP contribution is 2.40. The molecule has 0 unspecified atom stereocenters. The third kappa shape index (κ3) is 4.16. The molecule has 1 amide bonds. The van der Waals surface area contributed by atoms with Crippen LogP contribution in [0.5, 0.6) is 0 Å². The van der Waals surface area contributed by atoms with Crippen molar-refractivity contribution in [3.05, 3.63) is 45.7 Å². The maximum atomic E-state index is 13.2. The van der Waals surface area contributed by atoms with E-state index in [4.69, 9.17) is 9.72 Å². The Hall–Kier alpha value is -2.40. The van der Waals surface area contributed by atoms with Crippen LogP contribution in [-0.2, 0) is 14.8 Å². The molecular weight excluding hydrogens is 460 g/mol. The molecule has 8 nitrogen and oxygen atoms in total. The van der Waals surface area contributed by atoms with Gasteiger partial charge in [0.25, 0.3) is 5.91 Å². The van der Waals surface area contributed by atoms with Gasteiger partial charge in [0.05, 0.1) is 28.7 Å². The first kappa shape index (κ1) is 22.4. The van der Waals surface area contributed by atoms with Gasteiger partial charge in [0.1, 0.15) is 10.7 Å². The minimum Gasteiger partial charge on any atom is -0.379 e. The molecule has 5 rings (SSSR count). The van der Waals surface area contributed by atoms with E-state index in [9.17, 15) is 13.2 Å². The van der Waals surface area contributed by atoms with Gasteiger partial charge in [-0.05, 0) is 56.9 Å². The first-order valence-corrected chi connectivity index (χ1v) is 13.3. The molecule has 0 bridgehead atoms. The maximum absolute atomic E-state index is 13.2. The third-order valence-electron chi connectivity index (χ3n) is 6.17. The molecule has 1 aliphatic carbocycles. The van der Waals surface area contributed by atoms with Crippen LogP contribution in [-0.4, -0.2) is 54.9 Å². The molecular formula is C23H26N4O4S2. The maximum Gasteiger partial charge on any atom is 0.266 e. The summed E-state index contributed by atoms with van der Waals surface area (Å²) in [4.78, 5) is 24.1. The second-order valence-corrected chi connectivity index (χ2v) is 11.5. The highest BCUT2D eigenvalue weighted by atomic mass is 32.2. The van der Waals surface area contributed by atoms with Crippen molar-refractivity contribution in [2.24, 2.45) is 0 Å². The SMILES string of the molecule is Cc1ccc(NC(=O)c2sc3nc(C4CC4)nc(C)c3c2C)cc1S(=O)(=O)N1CCOCC1. The van der Waals surface area contributed by atoms with Crippen LogP contribution in [0.4, 0.5) is 5.69 Å². The summed E-state index contributed by atoms with van der Waals surface area (Å²) < 4.78 is 33.0. The van der Waals surface area contributed by atoms with E-state index in [1.807, 2.05) is 13.8 Å². The number of morpholine rings is 1. The lowest BCUT2D eigenvalue weighted by Crippen LogP contribution is -2.40. The van der Waals surface area contributed by atoms with E-state index in [0.717, 1.165) is 40.1 Å². The van der Waals surface area contributed by atoms with E-state index >= 15 is 0 Å². The van der Waals surface area contributed by atoms with Gasteiger partial charge in [0, 0.05) is 30.1 Å². The van der Waals surface area contributed by atoms with Gasteiger partial charge in [0.2, 0.25) is 10.0 Å². The summed E-state index contributed by atoms with van der Waals surface area (Å²) in [7, 11) is -3.67. The fourth-order valence-corrected chi connectivity index (χ4v) is 6.96. The number of carbonyl (C=O) groups is 1. The highest BCUT2D eigenvalue weighted by molar-refractivity contribution is 7.89. The summed E-state index contributed by atoms with van der Waals surface area (Å²) in [6, 6.07) is 4.99. The van der Waals surface area contributed by atoms with Crippen LogP contribution >= 0.6 is 11.3 Å². The number of thiophene rings is 1. The summed E-state index contributed by atoms with van der Waals surface area (Å²) in [6.07, 6.45) is 2.23. The number of nitrogens with one attached hydrogen (secondary N) is 1. The molecule has 10 heteroatoms. The van der Waals surface area contributed by atoms with Crippen molar-refractivity contribution in [2.45, 2.75) is 44.4 Å². The lowest BCUT2D eigenvalue weighted by atomic mass is 10.1. The van der Waals surface area contributed by atoms with Gasteiger partial charge >= 0.3 is 0 Å². The van der Waals surface area contributed by atoms with E-state index in [2.05, 4.69) is 10.3 Å². The quantitative estimate of drug-likeness (QED) is 0.589. The minimum absolute atomic E-state index is 0.200. The Morgan fingerprint density at radius 2 is 1.88 bits per heavy atom. The average Bonchev–Trinajstić information content (AvgIpc) is 3.59. The molecule has 1 saturated carbocycles. The zero-order valence-corrected chi connectivity index (χ0v) is 20.5. The molecule has 3 aromatic rings. The number of aromatic nitrogens is 2. The van der Waals surface area contributed by atoms with Crippen LogP contribution < -0.4 is 5.32 Å². The molecule has 1 N–H and O–H groups in total. The van der Waals surface area contributed by atoms with Gasteiger partial charge in [0.15, 0.2) is 0 Å². The number of benzene rings is 1. The highest BCUT2D eigenvalue weighted by Gasteiger charge is 2.30. The second-order valence-electron chi connectivity index (χ2n) is 8.63. The Morgan fingerprint density at radius 1 is 1.15 bits per heavy atom. The van der Waals surface area contributed by atoms with Crippen molar-refractivity contribution in [1.82, 2.24) is 14.3 Å². The topological polar surface area (TPSA) is 101 Å². The van der Waals surface area contributed by atoms with Crippen LogP contribution in [0.2, 0.25) is 0 Å². The summed E-state index contributed by atoms with van der Waals surface area (Å²) in [5.74, 6) is 1.03. The number of hydrogen-bond acceptors (Lipinski definition) is 7. The number of fused-ring (bicyclic) bond motifs is 1. The summed E-state index contributed by atoms with van der Waals surface area (Å²) in [6.45, 7) is 7.03. The third-order valence-corrected chi connectivity index (χ3v) is 9.40. The Morgan fingerprint density at radius 3 is 2.58 bits per heavy atom. The van der Waals surface area contributed by atoms with E-state index < -0.39 is 10.0 Å². The normalized spacial score (nSPS) is 17.4. The molecule has 2 aromatic heterocycles. The number of carbonyl (C=O) groups excluding carboxylic acids is 1. The van der Waals surface area contributed by atoms with Crippen LogP contribution in [0.1, 0.15) is 51.1 Å². The van der Waals surface area contributed by atoms with Crippen LogP contribution in [0.3, 0.4) is 0 Å². The van der Waals surface area contributed by atoms with Crippen molar-refractivity contribution in [3.63, 3.8) is 0 Å². The van der Waals surface area contributed by atoms with Crippen LogP contribution in [0.25, 0.3) is 10.2 Å². The molecule has 0 spiro atoms. The molecule has 174 valence electrons. The van der Waals surface area contributed by atoms with Crippen LogP contribution in [0, 0.1) is 20.8 Å². The first-order chi connectivity index (χ1) is 15.8. The van der Waals surface area contributed by atoms with Gasteiger partial charge in [-0.2, -0.15) is 4.31 Å². The molecule has 0 radical (unpaired) electrons. The number of hydrogen-bond donors (Lipinski definition) is 1. The molecule has 33 heavy (non-hydrogen) atoms. The lowest BCUT2D eigenvalue weighted by molar-refractivity contribution is 0.0730. The minimum atomic E-state index is -3.67. The van der Waals surface area contributed by atoms with Crippen molar-refractivity contribution < 1.29 is 17.9 Å². The zero-order chi connectivity index (χ0) is 23.3. The van der Waals surface area contributed by atoms with Crippen molar-refractivity contribution in [3.8, 4) is 0 Å². The van der Waals surface area contributed by atoms with Gasteiger partial charge in [-0.25, -0.2) is 18.4 Å². The second kappa shape index (κ2) is 8.43.